The molecule has 2 aromatic rings. The first-order valence-corrected chi connectivity index (χ1v) is 7.69. The van der Waals surface area contributed by atoms with E-state index in [1.807, 2.05) is 42.5 Å². The van der Waals surface area contributed by atoms with Crippen molar-refractivity contribution in [2.24, 2.45) is 11.1 Å². The molecule has 0 saturated carbocycles. The van der Waals surface area contributed by atoms with Crippen molar-refractivity contribution in [1.29, 1.82) is 0 Å². The van der Waals surface area contributed by atoms with Gasteiger partial charge in [-0.2, -0.15) is 0 Å². The topological polar surface area (TPSA) is 83.5 Å². The number of hydrogen-bond donors (Lipinski definition) is 3. The molecule has 0 radical (unpaired) electrons. The molecule has 0 aliphatic heterocycles. The molecule has 0 aliphatic carbocycles. The molecule has 0 spiro atoms. The smallest absolute Gasteiger partial charge is 0.311 e. The van der Waals surface area contributed by atoms with Crippen molar-refractivity contribution in [3.05, 3.63) is 60.2 Å². The second-order valence-electron chi connectivity index (χ2n) is 6.26. The van der Waals surface area contributed by atoms with Crippen LogP contribution in [0.3, 0.4) is 0 Å². The molecule has 2 aromatic carbocycles. The lowest BCUT2D eigenvalue weighted by Crippen LogP contribution is -2.39. The number of carbonyl (C=O) groups is 1. The van der Waals surface area contributed by atoms with Gasteiger partial charge >= 0.3 is 5.97 Å². The van der Waals surface area contributed by atoms with Gasteiger partial charge in [0.05, 0.1) is 12.0 Å². The van der Waals surface area contributed by atoms with E-state index in [1.165, 1.54) is 6.92 Å². The number of carboxylic acids is 1. The maximum absolute atomic E-state index is 11.2. The summed E-state index contributed by atoms with van der Waals surface area (Å²) in [7, 11) is 0. The molecule has 0 fully saturated rings. The summed E-state index contributed by atoms with van der Waals surface area (Å²) in [5.41, 5.74) is 8.23. The fraction of sp³-hybridized carbons (Fsp3) is 0.316. The second-order valence-corrected chi connectivity index (χ2v) is 6.26. The molecular formula is C19H23NO3. The van der Waals surface area contributed by atoms with E-state index in [1.54, 1.807) is 0 Å². The van der Waals surface area contributed by atoms with E-state index in [2.05, 4.69) is 12.1 Å². The van der Waals surface area contributed by atoms with Gasteiger partial charge in [0.15, 0.2) is 0 Å². The highest BCUT2D eigenvalue weighted by Crippen LogP contribution is 2.24. The molecule has 23 heavy (non-hydrogen) atoms. The number of rotatable bonds is 7. The van der Waals surface area contributed by atoms with Crippen molar-refractivity contribution in [1.82, 2.24) is 0 Å². The predicted octanol–water partition coefficient (Wildman–Crippen LogP) is 2.70. The Hall–Kier alpha value is -2.17. The Morgan fingerprint density at radius 1 is 1.09 bits per heavy atom. The summed E-state index contributed by atoms with van der Waals surface area (Å²) in [4.78, 5) is 11.2. The summed E-state index contributed by atoms with van der Waals surface area (Å²) in [5, 5.41) is 18.5. The lowest BCUT2D eigenvalue weighted by Gasteiger charge is -2.25. The van der Waals surface area contributed by atoms with Gasteiger partial charge in [0.2, 0.25) is 0 Å². The lowest BCUT2D eigenvalue weighted by molar-refractivity contribution is -0.151. The van der Waals surface area contributed by atoms with Crippen LogP contribution in [0, 0.1) is 5.41 Å². The van der Waals surface area contributed by atoms with E-state index in [9.17, 15) is 15.0 Å². The predicted molar refractivity (Wildman–Crippen MR) is 91.0 cm³/mol. The summed E-state index contributed by atoms with van der Waals surface area (Å²) < 4.78 is 0. The average molecular weight is 313 g/mol. The molecule has 0 aromatic heterocycles. The highest BCUT2D eigenvalue weighted by molar-refractivity contribution is 5.74. The molecule has 0 heterocycles. The van der Waals surface area contributed by atoms with Crippen LogP contribution in [0.2, 0.25) is 0 Å². The van der Waals surface area contributed by atoms with Crippen molar-refractivity contribution in [3.63, 3.8) is 0 Å². The van der Waals surface area contributed by atoms with E-state index in [0.717, 1.165) is 16.7 Å². The molecule has 4 N–H and O–H groups in total. The van der Waals surface area contributed by atoms with Crippen LogP contribution >= 0.6 is 0 Å². The Kier molecular flexibility index (Phi) is 5.53. The summed E-state index contributed by atoms with van der Waals surface area (Å²) in [6.45, 7) is 1.11. The molecule has 0 aliphatic rings. The second kappa shape index (κ2) is 7.40. The number of aliphatic hydroxyl groups excluding tert-OH is 1. The normalized spacial score (nSPS) is 14.9. The zero-order chi connectivity index (χ0) is 16.9. The SMILES string of the molecule is CC(CO)(C[C@H](N)Cc1ccc(-c2ccccc2)cc1)C(=O)O. The Balaban J connectivity index is 2.02. The maximum atomic E-state index is 11.2. The van der Waals surface area contributed by atoms with Crippen LogP contribution in [-0.4, -0.2) is 28.8 Å². The van der Waals surface area contributed by atoms with E-state index in [0.29, 0.717) is 6.42 Å². The molecular weight excluding hydrogens is 290 g/mol. The molecule has 4 nitrogen and oxygen atoms in total. The van der Waals surface area contributed by atoms with Crippen LogP contribution in [0.1, 0.15) is 18.9 Å². The number of benzene rings is 2. The minimum absolute atomic E-state index is 0.235. The largest absolute Gasteiger partial charge is 0.481 e. The Labute approximate surface area is 136 Å². The van der Waals surface area contributed by atoms with Gasteiger partial charge in [0.25, 0.3) is 0 Å². The highest BCUT2D eigenvalue weighted by Gasteiger charge is 2.34. The number of hydrogen-bond acceptors (Lipinski definition) is 3. The Bertz CT molecular complexity index is 639. The van der Waals surface area contributed by atoms with Crippen LogP contribution in [-0.2, 0) is 11.2 Å². The number of nitrogens with two attached hydrogens (primary N) is 1. The fourth-order valence-electron chi connectivity index (χ4n) is 2.64. The lowest BCUT2D eigenvalue weighted by atomic mass is 9.83. The molecule has 0 saturated heterocycles. The highest BCUT2D eigenvalue weighted by atomic mass is 16.4. The van der Waals surface area contributed by atoms with Crippen LogP contribution in [0.25, 0.3) is 11.1 Å². The van der Waals surface area contributed by atoms with Crippen molar-refractivity contribution in [2.45, 2.75) is 25.8 Å². The van der Waals surface area contributed by atoms with Gasteiger partial charge in [-0.3, -0.25) is 4.79 Å². The molecule has 2 rings (SSSR count). The van der Waals surface area contributed by atoms with Crippen molar-refractivity contribution in [3.8, 4) is 11.1 Å². The summed E-state index contributed by atoms with van der Waals surface area (Å²) >= 11 is 0. The van der Waals surface area contributed by atoms with E-state index < -0.39 is 18.0 Å². The maximum Gasteiger partial charge on any atom is 0.311 e. The zero-order valence-corrected chi connectivity index (χ0v) is 13.3. The van der Waals surface area contributed by atoms with Gasteiger partial charge in [-0.05, 0) is 36.5 Å². The van der Waals surface area contributed by atoms with Gasteiger partial charge in [-0.25, -0.2) is 0 Å². The quantitative estimate of drug-likeness (QED) is 0.734. The third-order valence-electron chi connectivity index (χ3n) is 4.14. The molecule has 0 bridgehead atoms. The Morgan fingerprint density at radius 3 is 2.17 bits per heavy atom. The summed E-state index contributed by atoms with van der Waals surface area (Å²) in [6.07, 6.45) is 0.817. The van der Waals surface area contributed by atoms with Crippen LogP contribution in [0.5, 0.6) is 0 Å². The molecule has 1 unspecified atom stereocenters. The molecule has 122 valence electrons. The summed E-state index contributed by atoms with van der Waals surface area (Å²) in [5.74, 6) is -1.02. The monoisotopic (exact) mass is 313 g/mol. The zero-order valence-electron chi connectivity index (χ0n) is 13.3. The number of aliphatic carboxylic acids is 1. The van der Waals surface area contributed by atoms with Crippen molar-refractivity contribution >= 4 is 5.97 Å². The van der Waals surface area contributed by atoms with Gasteiger partial charge < -0.3 is 15.9 Å². The molecule has 2 atom stereocenters. The molecule has 4 heteroatoms. The van der Waals surface area contributed by atoms with Gasteiger partial charge in [0.1, 0.15) is 0 Å². The third kappa shape index (κ3) is 4.41. The van der Waals surface area contributed by atoms with Crippen LogP contribution in [0.15, 0.2) is 54.6 Å². The van der Waals surface area contributed by atoms with Gasteiger partial charge in [-0.1, -0.05) is 54.6 Å². The number of carboxylic acid groups (broad SMARTS) is 1. The van der Waals surface area contributed by atoms with Crippen molar-refractivity contribution in [2.75, 3.05) is 6.61 Å². The van der Waals surface area contributed by atoms with Crippen molar-refractivity contribution < 1.29 is 15.0 Å². The Morgan fingerprint density at radius 2 is 1.65 bits per heavy atom. The van der Waals surface area contributed by atoms with Gasteiger partial charge in [-0.15, -0.1) is 0 Å². The van der Waals surface area contributed by atoms with E-state index in [4.69, 9.17) is 5.73 Å². The first-order valence-electron chi connectivity index (χ1n) is 7.69. The standard InChI is InChI=1S/C19H23NO3/c1-19(13-21,18(22)23)12-17(20)11-14-7-9-16(10-8-14)15-5-3-2-4-6-15/h2-10,17,21H,11-13,20H2,1H3,(H,22,23)/t17-,19?/m1/s1. The van der Waals surface area contributed by atoms with E-state index >= 15 is 0 Å². The minimum atomic E-state index is -1.19. The van der Waals surface area contributed by atoms with E-state index in [-0.39, 0.29) is 12.5 Å². The minimum Gasteiger partial charge on any atom is -0.481 e. The average Bonchev–Trinajstić information content (AvgIpc) is 2.56. The molecule has 0 amide bonds. The van der Waals surface area contributed by atoms with Crippen LogP contribution < -0.4 is 5.73 Å². The van der Waals surface area contributed by atoms with Crippen LogP contribution in [0.4, 0.5) is 0 Å². The third-order valence-corrected chi connectivity index (χ3v) is 4.14. The number of aliphatic hydroxyl groups is 1. The first kappa shape index (κ1) is 17.2. The first-order chi connectivity index (χ1) is 10.9. The summed E-state index contributed by atoms with van der Waals surface area (Å²) in [6, 6.07) is 17.9. The fourth-order valence-corrected chi connectivity index (χ4v) is 2.64. The van der Waals surface area contributed by atoms with Gasteiger partial charge in [0, 0.05) is 6.04 Å².